The number of nitriles is 1. The van der Waals surface area contributed by atoms with Crippen molar-refractivity contribution in [3.63, 3.8) is 0 Å². The minimum absolute atomic E-state index is 0.0652. The lowest BCUT2D eigenvalue weighted by Gasteiger charge is -2.27. The number of anilines is 3. The van der Waals surface area contributed by atoms with Crippen LogP contribution in [-0.4, -0.2) is 47.5 Å². The van der Waals surface area contributed by atoms with Gasteiger partial charge in [0.2, 0.25) is 0 Å². The van der Waals surface area contributed by atoms with Gasteiger partial charge in [-0.1, -0.05) is 23.7 Å². The van der Waals surface area contributed by atoms with E-state index in [9.17, 15) is 23.2 Å². The summed E-state index contributed by atoms with van der Waals surface area (Å²) in [6, 6.07) is 11.4. The van der Waals surface area contributed by atoms with Crippen LogP contribution in [0.5, 0.6) is 0 Å². The maximum absolute atomic E-state index is 13.1. The number of thiophene rings is 1. The molecule has 14 heteroatoms. The Morgan fingerprint density at radius 2 is 1.82 bits per heavy atom. The van der Waals surface area contributed by atoms with E-state index in [1.54, 1.807) is 24.3 Å². The Morgan fingerprint density at radius 1 is 1.13 bits per heavy atom. The summed E-state index contributed by atoms with van der Waals surface area (Å²) in [5.41, 5.74) is 1.14. The largest absolute Gasteiger partial charge is 0.417 e. The van der Waals surface area contributed by atoms with Crippen LogP contribution in [0.4, 0.5) is 34.3 Å². The summed E-state index contributed by atoms with van der Waals surface area (Å²) in [5, 5.41) is 22.3. The number of morpholine rings is 1. The zero-order chi connectivity index (χ0) is 27.6. The van der Waals surface area contributed by atoms with E-state index in [4.69, 9.17) is 16.3 Å². The highest BCUT2D eigenvalue weighted by molar-refractivity contribution is 7.20. The van der Waals surface area contributed by atoms with Gasteiger partial charge in [0.1, 0.15) is 17.4 Å². The molecule has 5 rings (SSSR count). The number of urea groups is 1. The summed E-state index contributed by atoms with van der Waals surface area (Å²) < 4.78 is 44.8. The molecule has 4 aromatic rings. The molecular weight excluding hydrogens is 555 g/mol. The number of aromatic amines is 1. The molecule has 3 heterocycles. The SMILES string of the molecule is N#Cc1c(N2CCOCC2)sc(-c2nc[nH]n2)c1-c1ccc(NC(=O)Nc2ccc(Cl)c(C(F)(F)F)c2)cc1. The molecule has 200 valence electrons. The van der Waals surface area contributed by atoms with E-state index in [1.165, 1.54) is 23.7 Å². The lowest BCUT2D eigenvalue weighted by molar-refractivity contribution is -0.137. The lowest BCUT2D eigenvalue weighted by atomic mass is 10.0. The smallest absolute Gasteiger partial charge is 0.378 e. The molecule has 1 saturated heterocycles. The third-order valence-corrected chi connectivity index (χ3v) is 7.46. The summed E-state index contributed by atoms with van der Waals surface area (Å²) in [7, 11) is 0. The van der Waals surface area contributed by atoms with Gasteiger partial charge in [0.15, 0.2) is 5.82 Å². The number of alkyl halides is 3. The standard InChI is InChI=1S/C25H19ClF3N7O2S/c26-19-6-5-16(11-18(19)25(27,28)29)34-24(37)33-15-3-1-14(2-4-15)20-17(12-30)23(36-7-9-38-10-8-36)39-21(20)22-31-13-32-35-22/h1-6,11,13H,7-10H2,(H,31,32,35)(H2,33,34,37). The molecule has 0 saturated carbocycles. The van der Waals surface area contributed by atoms with E-state index in [-0.39, 0.29) is 5.69 Å². The fourth-order valence-corrected chi connectivity index (χ4v) is 5.59. The second-order valence-corrected chi connectivity index (χ2v) is 9.78. The van der Waals surface area contributed by atoms with Gasteiger partial charge in [-0.25, -0.2) is 9.78 Å². The monoisotopic (exact) mass is 573 g/mol. The first-order valence-corrected chi connectivity index (χ1v) is 12.7. The van der Waals surface area contributed by atoms with Crippen molar-refractivity contribution >= 4 is 45.3 Å². The van der Waals surface area contributed by atoms with Gasteiger partial charge in [0.05, 0.1) is 34.2 Å². The van der Waals surface area contributed by atoms with Crippen LogP contribution in [0.15, 0.2) is 48.8 Å². The number of aromatic nitrogens is 3. The molecule has 1 aliphatic heterocycles. The Kier molecular flexibility index (Phi) is 7.42. The first-order chi connectivity index (χ1) is 18.7. The summed E-state index contributed by atoms with van der Waals surface area (Å²) >= 11 is 7.06. The molecule has 39 heavy (non-hydrogen) atoms. The van der Waals surface area contributed by atoms with Crippen molar-refractivity contribution in [2.75, 3.05) is 41.8 Å². The number of amides is 2. The Balaban J connectivity index is 1.39. The fourth-order valence-electron chi connectivity index (χ4n) is 4.10. The molecule has 9 nitrogen and oxygen atoms in total. The van der Waals surface area contributed by atoms with E-state index in [0.29, 0.717) is 54.5 Å². The number of halogens is 4. The van der Waals surface area contributed by atoms with Crippen LogP contribution in [-0.2, 0) is 10.9 Å². The number of hydrogen-bond acceptors (Lipinski definition) is 7. The highest BCUT2D eigenvalue weighted by Crippen LogP contribution is 2.46. The Labute approximate surface area is 229 Å². The van der Waals surface area contributed by atoms with Gasteiger partial charge in [-0.05, 0) is 35.9 Å². The zero-order valence-electron chi connectivity index (χ0n) is 20.0. The van der Waals surface area contributed by atoms with Crippen LogP contribution in [0.2, 0.25) is 5.02 Å². The molecule has 0 aliphatic carbocycles. The molecule has 2 aromatic heterocycles. The second kappa shape index (κ2) is 10.9. The van der Waals surface area contributed by atoms with Crippen LogP contribution in [0.1, 0.15) is 11.1 Å². The number of carbonyl (C=O) groups is 1. The molecule has 1 aliphatic rings. The maximum Gasteiger partial charge on any atom is 0.417 e. The van der Waals surface area contributed by atoms with Gasteiger partial charge < -0.3 is 20.3 Å². The molecular formula is C25H19ClF3N7O2S. The van der Waals surface area contributed by atoms with Crippen molar-refractivity contribution in [2.45, 2.75) is 6.18 Å². The summed E-state index contributed by atoms with van der Waals surface area (Å²) in [6.07, 6.45) is -3.19. The summed E-state index contributed by atoms with van der Waals surface area (Å²) in [5.74, 6) is 0.453. The van der Waals surface area contributed by atoms with Gasteiger partial charge in [0, 0.05) is 30.0 Å². The number of carbonyl (C=O) groups excluding carboxylic acids is 1. The quantitative estimate of drug-likeness (QED) is 0.261. The predicted octanol–water partition coefficient (Wildman–Crippen LogP) is 6.22. The molecule has 2 aromatic carbocycles. The lowest BCUT2D eigenvalue weighted by Crippen LogP contribution is -2.36. The minimum atomic E-state index is -4.66. The van der Waals surface area contributed by atoms with E-state index in [2.05, 4.69) is 36.8 Å². The molecule has 0 unspecified atom stereocenters. The van der Waals surface area contributed by atoms with Crippen molar-refractivity contribution in [3.8, 4) is 27.9 Å². The molecule has 3 N–H and O–H groups in total. The molecule has 2 amide bonds. The number of benzene rings is 2. The molecule has 0 bridgehead atoms. The molecule has 0 atom stereocenters. The first-order valence-electron chi connectivity index (χ1n) is 11.6. The fraction of sp³-hybridized carbons (Fsp3) is 0.200. The van der Waals surface area contributed by atoms with Crippen molar-refractivity contribution in [1.82, 2.24) is 15.2 Å². The zero-order valence-corrected chi connectivity index (χ0v) is 21.5. The normalized spacial score (nSPS) is 13.7. The number of ether oxygens (including phenoxy) is 1. The van der Waals surface area contributed by atoms with E-state index >= 15 is 0 Å². The minimum Gasteiger partial charge on any atom is -0.378 e. The summed E-state index contributed by atoms with van der Waals surface area (Å²) in [4.78, 5) is 19.6. The van der Waals surface area contributed by atoms with Crippen molar-refractivity contribution in [1.29, 1.82) is 5.26 Å². The topological polar surface area (TPSA) is 119 Å². The third kappa shape index (κ3) is 5.68. The number of H-pyrrole nitrogens is 1. The van der Waals surface area contributed by atoms with Crippen molar-refractivity contribution in [3.05, 3.63) is 64.9 Å². The number of nitrogens with one attached hydrogen (secondary N) is 3. The number of rotatable bonds is 5. The summed E-state index contributed by atoms with van der Waals surface area (Å²) in [6.45, 7) is 2.42. The van der Waals surface area contributed by atoms with Crippen LogP contribution in [0.3, 0.4) is 0 Å². The highest BCUT2D eigenvalue weighted by atomic mass is 35.5. The predicted molar refractivity (Wildman–Crippen MR) is 142 cm³/mol. The Morgan fingerprint density at radius 3 is 2.46 bits per heavy atom. The van der Waals surface area contributed by atoms with Gasteiger partial charge in [-0.15, -0.1) is 11.3 Å². The van der Waals surface area contributed by atoms with Gasteiger partial charge in [-0.2, -0.15) is 23.5 Å². The highest BCUT2D eigenvalue weighted by Gasteiger charge is 2.33. The average Bonchev–Trinajstić information content (AvgIpc) is 3.58. The number of hydrogen-bond donors (Lipinski definition) is 3. The molecule has 0 spiro atoms. The first kappa shape index (κ1) is 26.5. The Hall–Kier alpha value is -4.12. The van der Waals surface area contributed by atoms with E-state index < -0.39 is 22.8 Å². The van der Waals surface area contributed by atoms with Gasteiger partial charge in [0.25, 0.3) is 0 Å². The molecule has 1 fully saturated rings. The van der Waals surface area contributed by atoms with Crippen LogP contribution in [0.25, 0.3) is 21.8 Å². The van der Waals surface area contributed by atoms with Crippen LogP contribution < -0.4 is 15.5 Å². The van der Waals surface area contributed by atoms with E-state index in [1.807, 2.05) is 0 Å². The van der Waals surface area contributed by atoms with E-state index in [0.717, 1.165) is 22.0 Å². The maximum atomic E-state index is 13.1. The second-order valence-electron chi connectivity index (χ2n) is 8.37. The van der Waals surface area contributed by atoms with Crippen molar-refractivity contribution in [2.24, 2.45) is 0 Å². The van der Waals surface area contributed by atoms with Crippen LogP contribution >= 0.6 is 22.9 Å². The number of nitrogens with zero attached hydrogens (tertiary/aromatic N) is 4. The Bertz CT molecular complexity index is 1530. The van der Waals surface area contributed by atoms with Gasteiger partial charge >= 0.3 is 12.2 Å². The average molecular weight is 574 g/mol. The van der Waals surface area contributed by atoms with Gasteiger partial charge in [-0.3, -0.25) is 5.10 Å². The van der Waals surface area contributed by atoms with Crippen LogP contribution in [0, 0.1) is 11.3 Å². The van der Waals surface area contributed by atoms with Crippen molar-refractivity contribution < 1.29 is 22.7 Å². The third-order valence-electron chi connectivity index (χ3n) is 5.88. The molecule has 0 radical (unpaired) electrons.